The second kappa shape index (κ2) is 8.02. The monoisotopic (exact) mass is 403 g/mol. The molecule has 2 atom stereocenters. The Balaban J connectivity index is 1.63. The van der Waals surface area contributed by atoms with Crippen LogP contribution in [0.1, 0.15) is 18.9 Å². The van der Waals surface area contributed by atoms with Gasteiger partial charge in [-0.15, -0.1) is 0 Å². The zero-order valence-corrected chi connectivity index (χ0v) is 16.0. The van der Waals surface area contributed by atoms with Crippen molar-refractivity contribution in [2.45, 2.75) is 32.1 Å². The first-order valence-electron chi connectivity index (χ1n) is 8.38. The summed E-state index contributed by atoms with van der Waals surface area (Å²) in [4.78, 5) is 13.4. The van der Waals surface area contributed by atoms with E-state index in [-0.39, 0.29) is 18.2 Å². The summed E-state index contributed by atoms with van der Waals surface area (Å²) >= 11 is 3.52. The Kier molecular flexibility index (Phi) is 5.76. The summed E-state index contributed by atoms with van der Waals surface area (Å²) in [6, 6.07) is 16.8. The molecule has 0 unspecified atom stereocenters. The Morgan fingerprint density at radius 1 is 1.20 bits per heavy atom. The van der Waals surface area contributed by atoms with Crippen LogP contribution in [0.5, 0.6) is 0 Å². The summed E-state index contributed by atoms with van der Waals surface area (Å²) in [5.41, 5.74) is 3.46. The van der Waals surface area contributed by atoms with Gasteiger partial charge >= 0.3 is 6.09 Å². The number of benzene rings is 2. The number of hydrogen-bond donors (Lipinski definition) is 0. The Bertz CT molecular complexity index is 749. The van der Waals surface area contributed by atoms with E-state index < -0.39 is 0 Å². The number of methoxy groups -OCH3 is 1. The second-order valence-electron chi connectivity index (χ2n) is 6.35. The molecular formula is C20H22BrNO3. The van der Waals surface area contributed by atoms with E-state index in [9.17, 15) is 4.79 Å². The molecule has 4 nitrogen and oxygen atoms in total. The van der Waals surface area contributed by atoms with Gasteiger partial charge in [0, 0.05) is 10.5 Å². The maximum absolute atomic E-state index is 11.7. The third kappa shape index (κ3) is 4.41. The van der Waals surface area contributed by atoms with Crippen molar-refractivity contribution in [3.8, 4) is 11.1 Å². The van der Waals surface area contributed by atoms with E-state index in [2.05, 4.69) is 46.3 Å². The minimum atomic E-state index is -0.282. The molecular weight excluding hydrogens is 382 g/mol. The van der Waals surface area contributed by atoms with Gasteiger partial charge in [0.15, 0.2) is 0 Å². The molecule has 3 rings (SSSR count). The molecule has 0 aromatic heterocycles. The van der Waals surface area contributed by atoms with Crippen molar-refractivity contribution in [1.82, 2.24) is 4.90 Å². The summed E-state index contributed by atoms with van der Waals surface area (Å²) in [5.74, 6) is 0. The molecule has 1 aliphatic rings. The summed E-state index contributed by atoms with van der Waals surface area (Å²) in [5, 5.41) is 0. The molecule has 1 saturated heterocycles. The number of rotatable bonds is 4. The average Bonchev–Trinajstić information content (AvgIpc) is 3.00. The summed E-state index contributed by atoms with van der Waals surface area (Å²) < 4.78 is 11.9. The van der Waals surface area contributed by atoms with E-state index in [1.54, 1.807) is 4.90 Å². The van der Waals surface area contributed by atoms with Gasteiger partial charge in [-0.3, -0.25) is 0 Å². The van der Waals surface area contributed by atoms with E-state index in [4.69, 9.17) is 9.47 Å². The molecule has 0 spiro atoms. The maximum atomic E-state index is 11.7. The Labute approximate surface area is 156 Å². The number of hydrogen-bond acceptors (Lipinski definition) is 3. The molecule has 0 radical (unpaired) electrons. The van der Waals surface area contributed by atoms with E-state index in [1.807, 2.05) is 25.1 Å². The molecule has 0 saturated carbocycles. The van der Waals surface area contributed by atoms with Gasteiger partial charge < -0.3 is 14.4 Å². The van der Waals surface area contributed by atoms with Crippen molar-refractivity contribution in [1.29, 1.82) is 0 Å². The Morgan fingerprint density at radius 2 is 1.92 bits per heavy atom. The summed E-state index contributed by atoms with van der Waals surface area (Å²) in [7, 11) is 1.41. The molecule has 1 aliphatic heterocycles. The lowest BCUT2D eigenvalue weighted by Crippen LogP contribution is -2.34. The molecule has 2 aromatic carbocycles. The van der Waals surface area contributed by atoms with Gasteiger partial charge in [0.2, 0.25) is 0 Å². The van der Waals surface area contributed by atoms with Gasteiger partial charge in [0.1, 0.15) is 0 Å². The normalized spacial score (nSPS) is 19.9. The highest BCUT2D eigenvalue weighted by atomic mass is 79.9. The fraction of sp³-hybridized carbons (Fsp3) is 0.350. The minimum absolute atomic E-state index is 0.0450. The van der Waals surface area contributed by atoms with Gasteiger partial charge in [-0.05, 0) is 48.2 Å². The summed E-state index contributed by atoms with van der Waals surface area (Å²) in [6.07, 6.45) is 0.597. The summed E-state index contributed by atoms with van der Waals surface area (Å²) in [6.45, 7) is 3.14. The smallest absolute Gasteiger partial charge is 0.409 e. The molecule has 25 heavy (non-hydrogen) atoms. The first-order chi connectivity index (χ1) is 12.1. The topological polar surface area (TPSA) is 38.8 Å². The number of amides is 1. The predicted octanol–water partition coefficient (Wildman–Crippen LogP) is 4.86. The highest BCUT2D eigenvalue weighted by Gasteiger charge is 2.33. The lowest BCUT2D eigenvalue weighted by molar-refractivity contribution is 0.0455. The molecule has 5 heteroatoms. The fourth-order valence-corrected chi connectivity index (χ4v) is 3.60. The third-order valence-corrected chi connectivity index (χ3v) is 5.01. The van der Waals surface area contributed by atoms with Crippen molar-refractivity contribution in [3.63, 3.8) is 0 Å². The number of carbonyl (C=O) groups excluding carboxylic acids is 1. The van der Waals surface area contributed by atoms with Crippen LogP contribution < -0.4 is 0 Å². The quantitative estimate of drug-likeness (QED) is 0.731. The Morgan fingerprint density at radius 3 is 2.64 bits per heavy atom. The van der Waals surface area contributed by atoms with Crippen molar-refractivity contribution >= 4 is 22.0 Å². The van der Waals surface area contributed by atoms with Crippen molar-refractivity contribution in [2.24, 2.45) is 0 Å². The van der Waals surface area contributed by atoms with Crippen LogP contribution in [0.4, 0.5) is 4.79 Å². The highest BCUT2D eigenvalue weighted by Crippen LogP contribution is 2.25. The minimum Gasteiger partial charge on any atom is -0.453 e. The lowest BCUT2D eigenvalue weighted by Gasteiger charge is -2.19. The molecule has 2 aromatic rings. The van der Waals surface area contributed by atoms with E-state index >= 15 is 0 Å². The number of nitrogens with zero attached hydrogens (tertiary/aromatic N) is 1. The van der Waals surface area contributed by atoms with Crippen LogP contribution in [0.25, 0.3) is 11.1 Å². The van der Waals surface area contributed by atoms with Crippen molar-refractivity contribution in [3.05, 3.63) is 58.6 Å². The number of carbonyl (C=O) groups is 1. The van der Waals surface area contributed by atoms with Crippen molar-refractivity contribution < 1.29 is 14.3 Å². The van der Waals surface area contributed by atoms with Gasteiger partial charge in [0.05, 0.1) is 26.4 Å². The average molecular weight is 404 g/mol. The largest absolute Gasteiger partial charge is 0.453 e. The van der Waals surface area contributed by atoms with Gasteiger partial charge in [-0.1, -0.05) is 46.3 Å². The zero-order chi connectivity index (χ0) is 17.8. The van der Waals surface area contributed by atoms with Crippen molar-refractivity contribution in [2.75, 3.05) is 13.7 Å². The van der Waals surface area contributed by atoms with Gasteiger partial charge in [-0.2, -0.15) is 0 Å². The van der Waals surface area contributed by atoms with E-state index in [0.29, 0.717) is 13.2 Å². The number of ether oxygens (including phenoxy) is 2. The molecule has 0 aliphatic carbocycles. The third-order valence-electron chi connectivity index (χ3n) is 4.52. The molecule has 1 heterocycles. The first kappa shape index (κ1) is 18.0. The fourth-order valence-electron chi connectivity index (χ4n) is 3.20. The van der Waals surface area contributed by atoms with E-state index in [1.165, 1.54) is 18.2 Å². The molecule has 132 valence electrons. The first-order valence-corrected chi connectivity index (χ1v) is 9.17. The van der Waals surface area contributed by atoms with Crippen LogP contribution in [0, 0.1) is 0 Å². The zero-order valence-electron chi connectivity index (χ0n) is 14.4. The molecule has 1 fully saturated rings. The standard InChI is InChI=1S/C20H22BrNO3/c1-14-9-19(12-22(14)20(23)24-2)25-13-15-5-3-6-16(10-15)17-7-4-8-18(21)11-17/h3-8,10-11,14,19H,9,12-13H2,1-2H3/t14-,19-/m1/s1. The molecule has 0 bridgehead atoms. The SMILES string of the molecule is COC(=O)N1C[C@H](OCc2cccc(-c3cccc(Br)c3)c2)C[C@H]1C. The van der Waals surface area contributed by atoms with Crippen LogP contribution in [0.3, 0.4) is 0 Å². The van der Waals surface area contributed by atoms with E-state index in [0.717, 1.165) is 16.5 Å². The number of halogens is 1. The Hall–Kier alpha value is -1.85. The lowest BCUT2D eigenvalue weighted by atomic mass is 10.0. The van der Waals surface area contributed by atoms with Crippen LogP contribution >= 0.6 is 15.9 Å². The number of likely N-dealkylation sites (tertiary alicyclic amines) is 1. The second-order valence-corrected chi connectivity index (χ2v) is 7.27. The highest BCUT2D eigenvalue weighted by molar-refractivity contribution is 9.10. The molecule has 1 amide bonds. The molecule has 0 N–H and O–H groups in total. The van der Waals surface area contributed by atoms with Crippen LogP contribution in [0.2, 0.25) is 0 Å². The van der Waals surface area contributed by atoms with Gasteiger partial charge in [-0.25, -0.2) is 4.79 Å². The van der Waals surface area contributed by atoms with Gasteiger partial charge in [0.25, 0.3) is 0 Å². The van der Waals surface area contributed by atoms with Crippen LogP contribution in [-0.2, 0) is 16.1 Å². The predicted molar refractivity (Wildman–Crippen MR) is 101 cm³/mol. The maximum Gasteiger partial charge on any atom is 0.409 e. The van der Waals surface area contributed by atoms with Crippen LogP contribution in [0.15, 0.2) is 53.0 Å². The van der Waals surface area contributed by atoms with Crippen LogP contribution in [-0.4, -0.2) is 36.8 Å².